The van der Waals surface area contributed by atoms with E-state index in [9.17, 15) is 48.2 Å². The summed E-state index contributed by atoms with van der Waals surface area (Å²) < 4.78 is 34.8. The number of Topliss-reactive ketones (excluding diaryl/α,β-unsaturated/α-hetero) is 1. The summed E-state index contributed by atoms with van der Waals surface area (Å²) in [6.07, 6.45) is -0.920. The number of pyridine rings is 1. The predicted octanol–water partition coefficient (Wildman–Crippen LogP) is 1.76. The number of aliphatic hydroxyl groups is 1. The van der Waals surface area contributed by atoms with E-state index in [0.717, 1.165) is 5.56 Å². The Bertz CT molecular complexity index is 1490. The van der Waals surface area contributed by atoms with Crippen LogP contribution in [0.25, 0.3) is 11.3 Å². The number of aromatic nitrogens is 1. The molecule has 3 rings (SSSR count). The first-order chi connectivity index (χ1) is 23.5. The average Bonchev–Trinajstić information content (AvgIpc) is 3.02. The Morgan fingerprint density at radius 3 is 2.10 bits per heavy atom. The van der Waals surface area contributed by atoms with Crippen LogP contribution < -0.4 is 10.6 Å². The van der Waals surface area contributed by atoms with Crippen molar-refractivity contribution in [2.45, 2.75) is 64.0 Å². The molecular formula is C31H47BN4O12P2. The lowest BCUT2D eigenvalue weighted by Gasteiger charge is -2.32. The van der Waals surface area contributed by atoms with Gasteiger partial charge < -0.3 is 44.6 Å². The van der Waals surface area contributed by atoms with Crippen molar-refractivity contribution < 1.29 is 57.5 Å². The summed E-state index contributed by atoms with van der Waals surface area (Å²) in [5.41, 5.74) is -0.962. The van der Waals surface area contributed by atoms with E-state index in [2.05, 4.69) is 10.3 Å². The molecule has 0 aliphatic carbocycles. The van der Waals surface area contributed by atoms with Gasteiger partial charge in [-0.15, -0.1) is 0 Å². The number of hydrogen-bond acceptors (Lipinski definition) is 10. The minimum atomic E-state index is -5.29. The van der Waals surface area contributed by atoms with Crippen LogP contribution in [-0.2, 0) is 28.0 Å². The first-order valence-electron chi connectivity index (χ1n) is 16.3. The minimum Gasteiger partial charge on any atom is -0.408 e. The van der Waals surface area contributed by atoms with Crippen molar-refractivity contribution in [3.63, 3.8) is 0 Å². The smallest absolute Gasteiger partial charge is 0.408 e. The fourth-order valence-electron chi connectivity index (χ4n) is 5.44. The Labute approximate surface area is 291 Å². The van der Waals surface area contributed by atoms with E-state index in [4.69, 9.17) is 9.31 Å². The number of hydrogen-bond donors (Lipinski definition) is 7. The zero-order valence-electron chi connectivity index (χ0n) is 28.3. The van der Waals surface area contributed by atoms with Crippen LogP contribution in [0.3, 0.4) is 0 Å². The van der Waals surface area contributed by atoms with Gasteiger partial charge in [0.25, 0.3) is 0 Å². The molecule has 0 bridgehead atoms. The number of benzene rings is 1. The summed E-state index contributed by atoms with van der Waals surface area (Å²) in [4.78, 5) is 82.2. The number of aliphatic hydroxyl groups excluding tert-OH is 1. The summed E-state index contributed by atoms with van der Waals surface area (Å²) in [6, 6.07) is 14.5. The van der Waals surface area contributed by atoms with E-state index < -0.39 is 57.6 Å². The van der Waals surface area contributed by atoms with Crippen LogP contribution in [0.15, 0.2) is 48.5 Å². The molecule has 0 radical (unpaired) electrons. The minimum absolute atomic E-state index is 0.132. The maximum atomic E-state index is 13.5. The van der Waals surface area contributed by atoms with Gasteiger partial charge in [0.1, 0.15) is 5.69 Å². The molecule has 2 amide bonds. The molecule has 16 nitrogen and oxygen atoms in total. The van der Waals surface area contributed by atoms with Crippen molar-refractivity contribution in [1.82, 2.24) is 20.5 Å². The Kier molecular flexibility index (Phi) is 15.9. The molecule has 2 heterocycles. The second-order valence-electron chi connectivity index (χ2n) is 12.7. The molecule has 7 N–H and O–H groups in total. The van der Waals surface area contributed by atoms with Gasteiger partial charge in [0.2, 0.25) is 17.3 Å². The van der Waals surface area contributed by atoms with Crippen molar-refractivity contribution in [1.29, 1.82) is 0 Å². The standard InChI is InChI=1S/C31H47BN4O12P2/c1-21(2)19-28(32-47-17-15-36(16-18-48-32)14-8-13-29(39)35-31(49(41,42)43)50(44,45)46)34-30(40)24(22(3)37)20-27(38)26-12-7-11-25(33-26)23-9-5-4-6-10-23/h4-7,9-12,21-22,24,28,31,37H,8,13-20H2,1-3H3,(H,34,40)(H,35,39)(H2,41,42,43)(H2,44,45,46)/t22?,24-,28-/m1/s1. The molecule has 1 unspecified atom stereocenters. The maximum absolute atomic E-state index is 13.5. The average molecular weight is 740 g/mol. The van der Waals surface area contributed by atoms with Gasteiger partial charge in [0.05, 0.1) is 23.7 Å². The van der Waals surface area contributed by atoms with Gasteiger partial charge in [-0.2, -0.15) is 0 Å². The normalized spacial score (nSPS) is 16.7. The van der Waals surface area contributed by atoms with E-state index in [1.54, 1.807) is 23.5 Å². The molecule has 0 spiro atoms. The van der Waals surface area contributed by atoms with Gasteiger partial charge in [-0.1, -0.05) is 50.2 Å². The molecule has 1 aliphatic heterocycles. The van der Waals surface area contributed by atoms with E-state index in [-0.39, 0.29) is 49.9 Å². The molecule has 2 aromatic rings. The Morgan fingerprint density at radius 1 is 0.920 bits per heavy atom. The van der Waals surface area contributed by atoms with Crippen molar-refractivity contribution in [3.05, 3.63) is 54.2 Å². The van der Waals surface area contributed by atoms with Crippen LogP contribution >= 0.6 is 15.2 Å². The molecule has 3 atom stereocenters. The summed E-state index contributed by atoms with van der Waals surface area (Å²) in [7, 11) is -11.4. The predicted molar refractivity (Wildman–Crippen MR) is 185 cm³/mol. The van der Waals surface area contributed by atoms with Crippen LogP contribution in [0.2, 0.25) is 0 Å². The summed E-state index contributed by atoms with van der Waals surface area (Å²) >= 11 is 0. The summed E-state index contributed by atoms with van der Waals surface area (Å²) in [5, 5.41) is 15.2. The molecule has 0 saturated carbocycles. The molecule has 1 aliphatic rings. The number of carbonyl (C=O) groups is 3. The largest absolute Gasteiger partial charge is 0.480 e. The molecule has 1 aromatic heterocycles. The second kappa shape index (κ2) is 19.1. The Morgan fingerprint density at radius 2 is 1.54 bits per heavy atom. The fraction of sp³-hybridized carbons (Fsp3) is 0.548. The maximum Gasteiger partial charge on any atom is 0.480 e. The molecule has 19 heteroatoms. The Hall–Kier alpha value is -2.82. The molecule has 50 heavy (non-hydrogen) atoms. The van der Waals surface area contributed by atoms with Gasteiger partial charge in [-0.3, -0.25) is 28.4 Å². The Balaban J connectivity index is 1.56. The number of nitrogens with one attached hydrogen (secondary N) is 2. The van der Waals surface area contributed by atoms with Crippen LogP contribution in [-0.4, -0.2) is 110 Å². The quantitative estimate of drug-likeness (QED) is 0.0695. The van der Waals surface area contributed by atoms with E-state index in [1.807, 2.05) is 49.1 Å². The SMILES string of the molecule is CC(C)C[C@@H](NC(=O)[C@H](CC(=O)c1cccc(-c2ccccc2)n1)C(C)O)B1OCCN(CCCC(=O)NC(P(=O)(O)O)P(=O)(O)O)CCO1. The van der Waals surface area contributed by atoms with Crippen LogP contribution in [0.1, 0.15) is 56.9 Å². The number of amides is 2. The lowest BCUT2D eigenvalue weighted by Crippen LogP contribution is -2.54. The van der Waals surface area contributed by atoms with Gasteiger partial charge in [-0.05, 0) is 44.4 Å². The van der Waals surface area contributed by atoms with E-state index in [1.165, 1.54) is 6.92 Å². The molecule has 276 valence electrons. The highest BCUT2D eigenvalue weighted by atomic mass is 31.2. The molecule has 1 fully saturated rings. The van der Waals surface area contributed by atoms with Crippen LogP contribution in [0.4, 0.5) is 0 Å². The van der Waals surface area contributed by atoms with Crippen molar-refractivity contribution in [2.75, 3.05) is 32.8 Å². The molecular weight excluding hydrogens is 693 g/mol. The van der Waals surface area contributed by atoms with Gasteiger partial charge in [0, 0.05) is 44.7 Å². The third-order valence-electron chi connectivity index (χ3n) is 7.99. The van der Waals surface area contributed by atoms with Crippen molar-refractivity contribution >= 4 is 39.9 Å². The second-order valence-corrected chi connectivity index (χ2v) is 16.5. The summed E-state index contributed by atoms with van der Waals surface area (Å²) in [6.45, 7) is 7.02. The lowest BCUT2D eigenvalue weighted by atomic mass is 9.73. The zero-order valence-corrected chi connectivity index (χ0v) is 30.1. The first-order valence-corrected chi connectivity index (χ1v) is 19.7. The van der Waals surface area contributed by atoms with E-state index >= 15 is 0 Å². The molecule has 1 aromatic carbocycles. The fourth-order valence-corrected chi connectivity index (χ4v) is 7.63. The van der Waals surface area contributed by atoms with Gasteiger partial charge in [0.15, 0.2) is 5.78 Å². The number of rotatable bonds is 17. The first kappa shape index (κ1) is 41.6. The van der Waals surface area contributed by atoms with Gasteiger partial charge in [-0.25, -0.2) is 4.98 Å². The third kappa shape index (κ3) is 13.4. The monoisotopic (exact) mass is 740 g/mol. The van der Waals surface area contributed by atoms with E-state index in [0.29, 0.717) is 31.7 Å². The van der Waals surface area contributed by atoms with Crippen LogP contribution in [0, 0.1) is 11.8 Å². The number of ketones is 1. The highest BCUT2D eigenvalue weighted by Crippen LogP contribution is 2.58. The highest BCUT2D eigenvalue weighted by molar-refractivity contribution is 7.70. The summed E-state index contributed by atoms with van der Waals surface area (Å²) in [5.74, 6) is -3.34. The van der Waals surface area contributed by atoms with Crippen molar-refractivity contribution in [3.8, 4) is 11.3 Å². The number of carbonyl (C=O) groups excluding carboxylic acids is 3. The highest BCUT2D eigenvalue weighted by Gasteiger charge is 2.44. The topological polar surface area (TPSA) is 245 Å². The van der Waals surface area contributed by atoms with Crippen LogP contribution in [0.5, 0.6) is 0 Å². The van der Waals surface area contributed by atoms with Crippen molar-refractivity contribution in [2.24, 2.45) is 11.8 Å². The number of nitrogens with zero attached hydrogens (tertiary/aromatic N) is 2. The third-order valence-corrected chi connectivity index (χ3v) is 11.3. The lowest BCUT2D eigenvalue weighted by molar-refractivity contribution is -0.128. The van der Waals surface area contributed by atoms with Gasteiger partial charge >= 0.3 is 22.3 Å². The zero-order chi connectivity index (χ0) is 37.1. The molecule has 1 saturated heterocycles.